The number of hydrogen-bond donors (Lipinski definition) is 1. The van der Waals surface area contributed by atoms with Crippen LogP contribution in [0.15, 0.2) is 23.0 Å². The lowest BCUT2D eigenvalue weighted by molar-refractivity contribution is 0.239. The fraction of sp³-hybridized carbons (Fsp3) is 0.333. The van der Waals surface area contributed by atoms with Crippen LogP contribution in [0.2, 0.25) is 5.02 Å². The standard InChI is InChI=1S/C18H18ClN3OS/c1-10-11(2)24-18-16(10)17(23)20-15(21-18)9-22-6-5-12-7-14(19)4-3-13(12)8-22/h3-4,7H,5-6,8-9H2,1-2H3,(H,20,21,23). The zero-order valence-corrected chi connectivity index (χ0v) is 15.2. The zero-order valence-electron chi connectivity index (χ0n) is 13.6. The molecule has 2 aromatic heterocycles. The smallest absolute Gasteiger partial charge is 0.259 e. The Hall–Kier alpha value is -1.69. The first-order valence-corrected chi connectivity index (χ1v) is 9.19. The first-order valence-electron chi connectivity index (χ1n) is 8.00. The Morgan fingerprint density at radius 2 is 2.17 bits per heavy atom. The Bertz CT molecular complexity index is 992. The average Bonchev–Trinajstić information content (AvgIpc) is 2.82. The molecule has 124 valence electrons. The molecular weight excluding hydrogens is 342 g/mol. The van der Waals surface area contributed by atoms with Gasteiger partial charge in [0.05, 0.1) is 11.9 Å². The Balaban J connectivity index is 1.61. The van der Waals surface area contributed by atoms with E-state index in [9.17, 15) is 4.79 Å². The number of thiophene rings is 1. The lowest BCUT2D eigenvalue weighted by Gasteiger charge is -2.28. The number of fused-ring (bicyclic) bond motifs is 2. The van der Waals surface area contributed by atoms with E-state index >= 15 is 0 Å². The number of aromatic nitrogens is 2. The second kappa shape index (κ2) is 5.99. The van der Waals surface area contributed by atoms with Crippen LogP contribution in [0.3, 0.4) is 0 Å². The largest absolute Gasteiger partial charge is 0.309 e. The van der Waals surface area contributed by atoms with Crippen molar-refractivity contribution >= 4 is 33.2 Å². The highest BCUT2D eigenvalue weighted by molar-refractivity contribution is 7.18. The summed E-state index contributed by atoms with van der Waals surface area (Å²) in [5.74, 6) is 0.742. The van der Waals surface area contributed by atoms with Crippen molar-refractivity contribution in [1.29, 1.82) is 0 Å². The van der Waals surface area contributed by atoms with Gasteiger partial charge in [-0.05, 0) is 49.1 Å². The summed E-state index contributed by atoms with van der Waals surface area (Å²) in [5.41, 5.74) is 3.64. The van der Waals surface area contributed by atoms with Gasteiger partial charge in [0, 0.05) is 23.0 Å². The summed E-state index contributed by atoms with van der Waals surface area (Å²) in [5, 5.41) is 1.53. The predicted octanol–water partition coefficient (Wildman–Crippen LogP) is 3.81. The highest BCUT2D eigenvalue weighted by atomic mass is 35.5. The van der Waals surface area contributed by atoms with Crippen molar-refractivity contribution in [2.75, 3.05) is 6.54 Å². The van der Waals surface area contributed by atoms with Crippen LogP contribution in [-0.4, -0.2) is 21.4 Å². The molecule has 0 unspecified atom stereocenters. The number of halogens is 1. The van der Waals surface area contributed by atoms with Gasteiger partial charge in [-0.3, -0.25) is 9.69 Å². The van der Waals surface area contributed by atoms with Gasteiger partial charge in [0.15, 0.2) is 0 Å². The molecule has 6 heteroatoms. The molecule has 1 aliphatic heterocycles. The van der Waals surface area contributed by atoms with Crippen molar-refractivity contribution in [3.05, 3.63) is 61.0 Å². The van der Waals surface area contributed by atoms with Crippen LogP contribution in [0.1, 0.15) is 27.4 Å². The topological polar surface area (TPSA) is 49.0 Å². The monoisotopic (exact) mass is 359 g/mol. The van der Waals surface area contributed by atoms with Gasteiger partial charge in [0.2, 0.25) is 0 Å². The molecule has 3 aromatic rings. The molecule has 4 nitrogen and oxygen atoms in total. The summed E-state index contributed by atoms with van der Waals surface area (Å²) in [6.45, 7) is 6.47. The fourth-order valence-corrected chi connectivity index (χ4v) is 4.54. The van der Waals surface area contributed by atoms with E-state index in [1.165, 1.54) is 11.1 Å². The SMILES string of the molecule is Cc1sc2nc(CN3CCc4cc(Cl)ccc4C3)[nH]c(=O)c2c1C. The minimum absolute atomic E-state index is 0.0268. The summed E-state index contributed by atoms with van der Waals surface area (Å²) in [7, 11) is 0. The van der Waals surface area contributed by atoms with E-state index in [0.717, 1.165) is 51.0 Å². The van der Waals surface area contributed by atoms with E-state index in [4.69, 9.17) is 11.6 Å². The minimum atomic E-state index is -0.0268. The lowest BCUT2D eigenvalue weighted by Crippen LogP contribution is -2.31. The molecule has 0 fully saturated rings. The third kappa shape index (κ3) is 2.77. The van der Waals surface area contributed by atoms with Gasteiger partial charge in [-0.2, -0.15) is 0 Å². The Morgan fingerprint density at radius 3 is 3.00 bits per heavy atom. The highest BCUT2D eigenvalue weighted by Gasteiger charge is 2.18. The van der Waals surface area contributed by atoms with Gasteiger partial charge < -0.3 is 4.98 Å². The molecule has 0 atom stereocenters. The van der Waals surface area contributed by atoms with Gasteiger partial charge in [-0.1, -0.05) is 17.7 Å². The molecule has 4 rings (SSSR count). The Kier molecular flexibility index (Phi) is 3.95. The molecule has 0 saturated heterocycles. The second-order valence-electron chi connectivity index (χ2n) is 6.35. The number of nitrogens with one attached hydrogen (secondary N) is 1. The maximum absolute atomic E-state index is 12.4. The quantitative estimate of drug-likeness (QED) is 0.756. The molecule has 0 bridgehead atoms. The van der Waals surface area contributed by atoms with E-state index < -0.39 is 0 Å². The first-order chi connectivity index (χ1) is 11.5. The molecular formula is C18H18ClN3OS. The predicted molar refractivity (Wildman–Crippen MR) is 99.0 cm³/mol. The van der Waals surface area contributed by atoms with Crippen molar-refractivity contribution in [1.82, 2.24) is 14.9 Å². The molecule has 3 heterocycles. The van der Waals surface area contributed by atoms with Crippen molar-refractivity contribution in [3.63, 3.8) is 0 Å². The van der Waals surface area contributed by atoms with Crippen LogP contribution in [0.5, 0.6) is 0 Å². The van der Waals surface area contributed by atoms with Crippen LogP contribution in [0.4, 0.5) is 0 Å². The summed E-state index contributed by atoms with van der Waals surface area (Å²) < 4.78 is 0. The van der Waals surface area contributed by atoms with Crippen LogP contribution < -0.4 is 5.56 Å². The molecule has 1 aromatic carbocycles. The van der Waals surface area contributed by atoms with Crippen molar-refractivity contribution in [3.8, 4) is 0 Å². The van der Waals surface area contributed by atoms with Gasteiger partial charge in [-0.15, -0.1) is 11.3 Å². The van der Waals surface area contributed by atoms with E-state index in [0.29, 0.717) is 6.54 Å². The molecule has 0 aliphatic carbocycles. The van der Waals surface area contributed by atoms with E-state index in [1.54, 1.807) is 11.3 Å². The molecule has 1 N–H and O–H groups in total. The van der Waals surface area contributed by atoms with E-state index in [-0.39, 0.29) is 5.56 Å². The van der Waals surface area contributed by atoms with Crippen LogP contribution >= 0.6 is 22.9 Å². The third-order valence-electron chi connectivity index (χ3n) is 4.72. The summed E-state index contributed by atoms with van der Waals surface area (Å²) in [4.78, 5) is 24.3. The van der Waals surface area contributed by atoms with E-state index in [2.05, 4.69) is 27.0 Å². The number of nitrogens with zero attached hydrogens (tertiary/aromatic N) is 2. The molecule has 1 aliphatic rings. The van der Waals surface area contributed by atoms with Gasteiger partial charge in [-0.25, -0.2) is 4.98 Å². The Labute approximate surface area is 149 Å². The maximum atomic E-state index is 12.4. The van der Waals surface area contributed by atoms with Gasteiger partial charge in [0.1, 0.15) is 10.7 Å². The number of benzene rings is 1. The minimum Gasteiger partial charge on any atom is -0.309 e. The number of H-pyrrole nitrogens is 1. The Morgan fingerprint density at radius 1 is 1.33 bits per heavy atom. The summed E-state index contributed by atoms with van der Waals surface area (Å²) in [6, 6.07) is 6.08. The molecule has 0 saturated carbocycles. The highest BCUT2D eigenvalue weighted by Crippen LogP contribution is 2.26. The number of hydrogen-bond acceptors (Lipinski definition) is 4. The molecule has 0 spiro atoms. The molecule has 0 amide bonds. The number of aromatic amines is 1. The zero-order chi connectivity index (χ0) is 16.8. The maximum Gasteiger partial charge on any atom is 0.259 e. The third-order valence-corrected chi connectivity index (χ3v) is 6.06. The van der Waals surface area contributed by atoms with Gasteiger partial charge in [0.25, 0.3) is 5.56 Å². The van der Waals surface area contributed by atoms with Crippen LogP contribution in [0, 0.1) is 13.8 Å². The van der Waals surface area contributed by atoms with Crippen molar-refractivity contribution in [2.45, 2.75) is 33.4 Å². The average molecular weight is 360 g/mol. The first kappa shape index (κ1) is 15.8. The second-order valence-corrected chi connectivity index (χ2v) is 7.99. The molecule has 0 radical (unpaired) electrons. The normalized spacial score (nSPS) is 15.0. The summed E-state index contributed by atoms with van der Waals surface area (Å²) in [6.07, 6.45) is 0.972. The lowest BCUT2D eigenvalue weighted by atomic mass is 10.00. The van der Waals surface area contributed by atoms with Crippen molar-refractivity contribution in [2.24, 2.45) is 0 Å². The molecule has 24 heavy (non-hydrogen) atoms. The fourth-order valence-electron chi connectivity index (χ4n) is 3.30. The van der Waals surface area contributed by atoms with E-state index in [1.807, 2.05) is 19.9 Å². The number of rotatable bonds is 2. The number of aryl methyl sites for hydroxylation is 2. The van der Waals surface area contributed by atoms with Crippen molar-refractivity contribution < 1.29 is 0 Å². The van der Waals surface area contributed by atoms with Gasteiger partial charge >= 0.3 is 0 Å². The summed E-state index contributed by atoms with van der Waals surface area (Å²) >= 11 is 7.66. The van der Waals surface area contributed by atoms with Crippen LogP contribution in [-0.2, 0) is 19.5 Å². The van der Waals surface area contributed by atoms with Crippen LogP contribution in [0.25, 0.3) is 10.2 Å².